The summed E-state index contributed by atoms with van der Waals surface area (Å²) in [6.45, 7) is 14.2. The topological polar surface area (TPSA) is 43.1 Å². The molecular formula is C17H30ClNO. The van der Waals surface area contributed by atoms with E-state index < -0.39 is 0 Å². The quantitative estimate of drug-likeness (QED) is 0.801. The normalized spacial score (nSPS) is 9.25. The lowest BCUT2D eigenvalue weighted by Crippen LogP contribution is -2.01. The van der Waals surface area contributed by atoms with E-state index in [0.717, 1.165) is 16.5 Å². The van der Waals surface area contributed by atoms with E-state index >= 15 is 0 Å². The van der Waals surface area contributed by atoms with Crippen LogP contribution in [0.1, 0.15) is 57.2 Å². The van der Waals surface area contributed by atoms with Gasteiger partial charge in [0.05, 0.1) is 0 Å². The number of hydrogen-bond acceptors (Lipinski definition) is 1. The van der Waals surface area contributed by atoms with Gasteiger partial charge in [-0.3, -0.25) is 4.79 Å². The summed E-state index contributed by atoms with van der Waals surface area (Å²) in [6, 6.07) is 4.11. The molecule has 0 saturated heterocycles. The summed E-state index contributed by atoms with van der Waals surface area (Å²) in [7, 11) is 0. The lowest BCUT2D eigenvalue weighted by atomic mass is 10.1. The van der Waals surface area contributed by atoms with E-state index in [2.05, 4.69) is 46.4 Å². The van der Waals surface area contributed by atoms with Gasteiger partial charge in [-0.15, -0.1) is 0 Å². The highest BCUT2D eigenvalue weighted by molar-refractivity contribution is 6.31. The van der Waals surface area contributed by atoms with Crippen molar-refractivity contribution in [1.82, 2.24) is 0 Å². The van der Waals surface area contributed by atoms with E-state index in [4.69, 9.17) is 11.6 Å². The molecule has 116 valence electrons. The highest BCUT2D eigenvalue weighted by Gasteiger charge is 1.97. The zero-order valence-corrected chi connectivity index (χ0v) is 14.8. The summed E-state index contributed by atoms with van der Waals surface area (Å²) in [5, 5.41) is 0.864. The van der Waals surface area contributed by atoms with Crippen LogP contribution in [0.5, 0.6) is 0 Å². The van der Waals surface area contributed by atoms with Crippen LogP contribution in [0.15, 0.2) is 12.1 Å². The maximum absolute atomic E-state index is 9.22. The molecule has 0 aliphatic heterocycles. The second kappa shape index (κ2) is 11.8. The molecule has 3 heteroatoms. The number of carbonyl (C=O) groups excluding carboxylic acids is 1. The molecule has 0 unspecified atom stereocenters. The first-order valence-corrected chi connectivity index (χ1v) is 7.52. The monoisotopic (exact) mass is 299 g/mol. The third-order valence-corrected chi connectivity index (χ3v) is 3.58. The molecule has 20 heavy (non-hydrogen) atoms. The van der Waals surface area contributed by atoms with E-state index in [1.807, 2.05) is 13.0 Å². The third kappa shape index (κ3) is 12.0. The average molecular weight is 300 g/mol. The van der Waals surface area contributed by atoms with Crippen LogP contribution in [0.4, 0.5) is 0 Å². The first-order chi connectivity index (χ1) is 9.15. The Labute approximate surface area is 129 Å². The first kappa shape index (κ1) is 21.3. The molecule has 0 fully saturated rings. The van der Waals surface area contributed by atoms with Crippen LogP contribution >= 0.6 is 11.6 Å². The minimum atomic E-state index is -0.333. The van der Waals surface area contributed by atoms with E-state index in [1.165, 1.54) is 30.9 Å². The summed E-state index contributed by atoms with van der Waals surface area (Å²) in [4.78, 5) is 9.22. The molecule has 1 aromatic carbocycles. The van der Waals surface area contributed by atoms with Crippen molar-refractivity contribution in [3.63, 3.8) is 0 Å². The Morgan fingerprint density at radius 2 is 1.45 bits per heavy atom. The van der Waals surface area contributed by atoms with Crippen LogP contribution in [0.25, 0.3) is 0 Å². The number of primary amides is 1. The predicted octanol–water partition coefficient (Wildman–Crippen LogP) is 5.20. The molecule has 0 atom stereocenters. The number of rotatable bonds is 2. The van der Waals surface area contributed by atoms with Gasteiger partial charge >= 0.3 is 0 Å². The summed E-state index contributed by atoms with van der Waals surface area (Å²) in [5.41, 5.74) is 8.20. The molecule has 0 aliphatic rings. The van der Waals surface area contributed by atoms with Crippen LogP contribution in [-0.2, 0) is 4.79 Å². The molecule has 0 spiro atoms. The number of nitrogens with two attached hydrogens (primary N) is 1. The van der Waals surface area contributed by atoms with Crippen LogP contribution < -0.4 is 5.73 Å². The summed E-state index contributed by atoms with van der Waals surface area (Å²) < 4.78 is 0. The minimum absolute atomic E-state index is 0.333. The van der Waals surface area contributed by atoms with Crippen molar-refractivity contribution >= 4 is 17.5 Å². The first-order valence-electron chi connectivity index (χ1n) is 7.14. The average Bonchev–Trinajstić information content (AvgIpc) is 2.35. The Kier molecular flexibility index (Phi) is 12.5. The standard InChI is InChI=1S/C9H11Cl.C6H14.C2H5NO/c1-6-4-8(3)9(10)5-7(6)2;1-4-6(3)5-2;1-2(3)4/h4-5H,1-3H3;6H,4-5H2,1-3H3;1H3,(H2,3,4). The van der Waals surface area contributed by atoms with Gasteiger partial charge in [-0.25, -0.2) is 0 Å². The largest absolute Gasteiger partial charge is 0.370 e. The molecule has 0 bridgehead atoms. The van der Waals surface area contributed by atoms with Gasteiger partial charge in [-0.05, 0) is 49.4 Å². The second-order valence-electron chi connectivity index (χ2n) is 5.22. The van der Waals surface area contributed by atoms with Crippen molar-refractivity contribution in [1.29, 1.82) is 0 Å². The number of benzene rings is 1. The van der Waals surface area contributed by atoms with E-state index in [-0.39, 0.29) is 5.91 Å². The van der Waals surface area contributed by atoms with Gasteiger partial charge in [0.15, 0.2) is 0 Å². The Morgan fingerprint density at radius 1 is 1.10 bits per heavy atom. The fourth-order valence-corrected chi connectivity index (χ4v) is 1.43. The molecule has 0 saturated carbocycles. The third-order valence-electron chi connectivity index (χ3n) is 3.17. The van der Waals surface area contributed by atoms with E-state index in [0.29, 0.717) is 0 Å². The molecule has 0 radical (unpaired) electrons. The molecular weight excluding hydrogens is 270 g/mol. The highest BCUT2D eigenvalue weighted by atomic mass is 35.5. The number of hydrogen-bond donors (Lipinski definition) is 1. The smallest absolute Gasteiger partial charge is 0.214 e. The van der Waals surface area contributed by atoms with Crippen molar-refractivity contribution in [3.05, 3.63) is 33.8 Å². The van der Waals surface area contributed by atoms with Gasteiger partial charge in [0.2, 0.25) is 5.91 Å². The number of aryl methyl sites for hydroxylation is 3. The summed E-state index contributed by atoms with van der Waals surface area (Å²) in [5.74, 6) is 0.602. The van der Waals surface area contributed by atoms with Gasteiger partial charge in [-0.1, -0.05) is 51.3 Å². The SMILES string of the molecule is CC(N)=O.CCC(C)CC.Cc1cc(C)c(Cl)cc1C. The van der Waals surface area contributed by atoms with Crippen LogP contribution in [0, 0.1) is 26.7 Å². The van der Waals surface area contributed by atoms with E-state index in [1.54, 1.807) is 0 Å². The molecule has 2 nitrogen and oxygen atoms in total. The van der Waals surface area contributed by atoms with Crippen molar-refractivity contribution in [2.45, 2.75) is 61.3 Å². The molecule has 0 aromatic heterocycles. The van der Waals surface area contributed by atoms with Crippen molar-refractivity contribution in [2.24, 2.45) is 11.7 Å². The molecule has 0 heterocycles. The molecule has 1 amide bonds. The van der Waals surface area contributed by atoms with Gasteiger partial charge in [0.1, 0.15) is 0 Å². The van der Waals surface area contributed by atoms with Crippen molar-refractivity contribution in [2.75, 3.05) is 0 Å². The van der Waals surface area contributed by atoms with Gasteiger partial charge in [0.25, 0.3) is 0 Å². The van der Waals surface area contributed by atoms with E-state index in [9.17, 15) is 4.79 Å². The molecule has 0 aliphatic carbocycles. The highest BCUT2D eigenvalue weighted by Crippen LogP contribution is 2.19. The summed E-state index contributed by atoms with van der Waals surface area (Å²) in [6.07, 6.45) is 2.66. The predicted molar refractivity (Wildman–Crippen MR) is 90.3 cm³/mol. The maximum atomic E-state index is 9.22. The zero-order chi connectivity index (χ0) is 16.3. The van der Waals surface area contributed by atoms with Crippen molar-refractivity contribution in [3.8, 4) is 0 Å². The van der Waals surface area contributed by atoms with Crippen molar-refractivity contribution < 1.29 is 4.79 Å². The van der Waals surface area contributed by atoms with Gasteiger partial charge in [0, 0.05) is 11.9 Å². The lowest BCUT2D eigenvalue weighted by molar-refractivity contribution is -0.115. The number of carbonyl (C=O) groups is 1. The number of amides is 1. The lowest BCUT2D eigenvalue weighted by Gasteiger charge is -2.02. The maximum Gasteiger partial charge on any atom is 0.214 e. The van der Waals surface area contributed by atoms with Gasteiger partial charge in [-0.2, -0.15) is 0 Å². The Balaban J connectivity index is 0. The van der Waals surface area contributed by atoms with Crippen LogP contribution in [0.2, 0.25) is 5.02 Å². The second-order valence-corrected chi connectivity index (χ2v) is 5.63. The number of halogens is 1. The zero-order valence-electron chi connectivity index (χ0n) is 14.0. The fraction of sp³-hybridized carbons (Fsp3) is 0.588. The molecule has 2 N–H and O–H groups in total. The Hall–Kier alpha value is -1.02. The van der Waals surface area contributed by atoms with Crippen LogP contribution in [0.3, 0.4) is 0 Å². The van der Waals surface area contributed by atoms with Gasteiger partial charge < -0.3 is 5.73 Å². The Morgan fingerprint density at radius 3 is 1.70 bits per heavy atom. The molecule has 1 rings (SSSR count). The summed E-state index contributed by atoms with van der Waals surface area (Å²) >= 11 is 5.89. The minimum Gasteiger partial charge on any atom is -0.370 e. The molecule has 1 aromatic rings. The Bertz CT molecular complexity index is 344. The van der Waals surface area contributed by atoms with Crippen LogP contribution in [-0.4, -0.2) is 5.91 Å². The fourth-order valence-electron chi connectivity index (χ4n) is 1.21.